The van der Waals surface area contributed by atoms with Gasteiger partial charge in [-0.2, -0.15) is 0 Å². The van der Waals surface area contributed by atoms with Gasteiger partial charge in [0.15, 0.2) is 11.5 Å². The van der Waals surface area contributed by atoms with Gasteiger partial charge in [-0.25, -0.2) is 14.2 Å². The third kappa shape index (κ3) is 21.3. The van der Waals surface area contributed by atoms with Gasteiger partial charge in [-0.3, -0.25) is 48.2 Å². The van der Waals surface area contributed by atoms with Crippen molar-refractivity contribution in [3.8, 4) is 11.5 Å². The number of nitrogens with one attached hydrogen (secondary N) is 6. The van der Waals surface area contributed by atoms with E-state index in [1.54, 1.807) is 85.4 Å². The van der Waals surface area contributed by atoms with Gasteiger partial charge in [-0.1, -0.05) is 26.0 Å². The number of hydrogen-bond acceptors (Lipinski definition) is 21. The monoisotopic (exact) mass is 1670 g/mol. The van der Waals surface area contributed by atoms with Crippen LogP contribution in [0.3, 0.4) is 0 Å². The van der Waals surface area contributed by atoms with E-state index in [0.717, 1.165) is 32.5 Å². The van der Waals surface area contributed by atoms with Crippen molar-refractivity contribution in [2.24, 2.45) is 22.5 Å². The van der Waals surface area contributed by atoms with Crippen molar-refractivity contribution < 1.29 is 99.9 Å². The second-order valence-corrected chi connectivity index (χ2v) is 31.9. The number of aromatic amines is 2. The lowest BCUT2D eigenvalue weighted by atomic mass is 9.34. The van der Waals surface area contributed by atoms with E-state index in [1.165, 1.54) is 28.8 Å². The number of carbonyl (C=O) groups is 9. The van der Waals surface area contributed by atoms with Gasteiger partial charge in [0.25, 0.3) is 17.0 Å². The van der Waals surface area contributed by atoms with Crippen LogP contribution in [0.15, 0.2) is 59.8 Å². The van der Waals surface area contributed by atoms with E-state index in [0.29, 0.717) is 128 Å². The maximum Gasteiger partial charge on any atom is 0.524 e. The SMILES string of the molecule is CSC1=CC(=O)N(CCOCCOCCOCCOCCOCCOCCC(=O)N[C@H](C(=O)N[C@@H](CCCNC(N)=O)C(=O)Nc2ccc(COC(=O)N(C)CCN(C)C(=S)Oc3cc4c(c5c(C)c[nH]c35)[C@H](CCl)CN4C(=O)C34CC(C(=O)N5C[C@@H](CCl)c6c5cc(OP(=O)(O)O)c5[nH]cc(C)c65)(C3)C4)cc2)C(C)C)C1=O. The van der Waals surface area contributed by atoms with Crippen molar-refractivity contribution in [1.29, 1.82) is 0 Å². The number of aryl methyl sites for hydroxylation is 2. The Kier molecular flexibility index (Phi) is 30.5. The van der Waals surface area contributed by atoms with Gasteiger partial charge in [0.1, 0.15) is 18.7 Å². The molecule has 2 aromatic heterocycles. The van der Waals surface area contributed by atoms with E-state index in [9.17, 15) is 52.7 Å². The first kappa shape index (κ1) is 87.2. The normalized spacial score (nSPS) is 18.7. The largest absolute Gasteiger partial charge is 0.524 e. The van der Waals surface area contributed by atoms with E-state index in [-0.39, 0.29) is 149 Å². The molecule has 4 atom stereocenters. The van der Waals surface area contributed by atoms with Crippen LogP contribution in [-0.4, -0.2) is 256 Å². The molecule has 3 aliphatic heterocycles. The molecule has 0 radical (unpaired) electrons. The second-order valence-electron chi connectivity index (χ2n) is 28.9. The number of phosphoric acid groups is 1. The maximum atomic E-state index is 15.0. The van der Waals surface area contributed by atoms with Gasteiger partial charge in [-0.05, 0) is 110 Å². The highest BCUT2D eigenvalue weighted by Gasteiger charge is 2.76. The van der Waals surface area contributed by atoms with Crippen LogP contribution in [0.1, 0.15) is 92.0 Å². The quantitative estimate of drug-likeness (QED) is 0.00627. The fourth-order valence-corrected chi connectivity index (χ4v) is 16.4. The van der Waals surface area contributed by atoms with Crippen LogP contribution in [0.2, 0.25) is 0 Å². The summed E-state index contributed by atoms with van der Waals surface area (Å²) in [6.07, 6.45) is 7.23. The van der Waals surface area contributed by atoms with E-state index in [4.69, 9.17) is 83.6 Å². The summed E-state index contributed by atoms with van der Waals surface area (Å²) >= 11 is 20.3. The number of hydrogen-bond donors (Lipinski definition) is 9. The lowest BCUT2D eigenvalue weighted by molar-refractivity contribution is -0.205. The summed E-state index contributed by atoms with van der Waals surface area (Å²) in [5.41, 5.74) is 10.1. The van der Waals surface area contributed by atoms with Gasteiger partial charge < -0.3 is 99.0 Å². The number of amides is 10. The van der Waals surface area contributed by atoms with Crippen molar-refractivity contribution in [2.75, 3.05) is 166 Å². The Morgan fingerprint density at radius 1 is 0.726 bits per heavy atom. The average Bonchev–Trinajstić information content (AvgIpc) is 1.57. The molecular formula is C75H99Cl2N12O21PS2. The molecule has 3 saturated carbocycles. The standard InChI is InChI=1S/C75H99Cl2N12O21PS2/c1-44(2)63(84-57(90)14-19-102-21-23-104-25-27-106-29-30-107-28-26-105-24-22-103-20-18-87-58(91)33-56(113-7)68(87)94)67(93)83-51(9-8-15-79-71(78)97)66(92)82-50-12-10-47(11-13-50)40-108-72(98)85(5)16-17-86(6)73(112)109-54-31-52-61(59-45(3)36-80-64(54)59)48(34-76)38-88(52)69(95)74-41-75(42-74,43-74)70(96)89-39-49(35-77)62-53(89)32-55(110-111(99,100)101)65-60(62)46(4)37-81-65/h10-13,31-33,36-37,44,48-49,51,63,80-81H,8-9,14-30,34-35,38-43H2,1-7H3,(H,82,92)(H,83,93)(H,84,90)(H3,78,79,97)(H2,99,100,101)/t48-,49-,51+,63+,74?,75?/m1/s1. The molecule has 616 valence electrons. The minimum absolute atomic E-state index is 0.0533. The number of nitrogens with zero attached hydrogens (tertiary/aromatic N) is 5. The second kappa shape index (κ2) is 39.5. The van der Waals surface area contributed by atoms with Crippen molar-refractivity contribution in [3.63, 3.8) is 0 Å². The molecule has 2 bridgehead atoms. The molecule has 10 amide bonds. The summed E-state index contributed by atoms with van der Waals surface area (Å²) in [5.74, 6) is -2.77. The Morgan fingerprint density at radius 2 is 1.23 bits per heavy atom. The highest BCUT2D eigenvalue weighted by Crippen LogP contribution is 2.75. The van der Waals surface area contributed by atoms with Crippen LogP contribution in [-0.2, 0) is 77.9 Å². The first-order valence-electron chi connectivity index (χ1n) is 37.2. The predicted octanol–water partition coefficient (Wildman–Crippen LogP) is 6.93. The number of alkyl halides is 2. The zero-order valence-corrected chi connectivity index (χ0v) is 68.2. The van der Waals surface area contributed by atoms with Gasteiger partial charge in [0, 0.05) is 124 Å². The number of fused-ring (bicyclic) bond motifs is 6. The van der Waals surface area contributed by atoms with Gasteiger partial charge >= 0.3 is 19.9 Å². The molecule has 10 N–H and O–H groups in total. The number of phosphoric ester groups is 1. The molecule has 38 heteroatoms. The first-order valence-corrected chi connectivity index (χ1v) is 41.5. The number of ether oxygens (including phenoxy) is 8. The Labute approximate surface area is 673 Å². The third-order valence-corrected chi connectivity index (χ3v) is 22.8. The summed E-state index contributed by atoms with van der Waals surface area (Å²) < 4.78 is 62.5. The third-order valence-electron chi connectivity index (χ3n) is 20.5. The molecule has 5 aromatic rings. The fraction of sp³-hybridized carbons (Fsp3) is 0.547. The van der Waals surface area contributed by atoms with Gasteiger partial charge in [0.2, 0.25) is 29.5 Å². The number of urea groups is 1. The molecule has 0 spiro atoms. The Morgan fingerprint density at radius 3 is 1.73 bits per heavy atom. The summed E-state index contributed by atoms with van der Waals surface area (Å²) in [4.78, 5) is 153. The summed E-state index contributed by atoms with van der Waals surface area (Å²) in [6, 6.07) is 6.95. The molecule has 3 aromatic carbocycles. The molecule has 11 rings (SSSR count). The number of carbonyl (C=O) groups excluding carboxylic acids is 9. The van der Waals surface area contributed by atoms with Crippen molar-refractivity contribution >= 4 is 153 Å². The number of likely N-dealkylation sites (N-methyl/N-ethyl adjacent to an activating group) is 2. The van der Waals surface area contributed by atoms with Crippen LogP contribution >= 0.6 is 55.0 Å². The average molecular weight is 1670 g/mol. The van der Waals surface area contributed by atoms with E-state index < -0.39 is 60.6 Å². The predicted molar refractivity (Wildman–Crippen MR) is 426 cm³/mol. The number of anilines is 3. The number of rotatable bonds is 44. The maximum absolute atomic E-state index is 15.0. The highest BCUT2D eigenvalue weighted by atomic mass is 35.5. The zero-order valence-electron chi connectivity index (χ0n) is 64.2. The number of imide groups is 1. The number of benzene rings is 3. The van der Waals surface area contributed by atoms with Crippen molar-refractivity contribution in [3.05, 3.63) is 87.6 Å². The minimum Gasteiger partial charge on any atom is -0.445 e. The lowest BCUT2D eigenvalue weighted by Crippen LogP contribution is -2.73. The molecule has 3 fully saturated rings. The fourth-order valence-electron chi connectivity index (χ4n) is 14.8. The highest BCUT2D eigenvalue weighted by molar-refractivity contribution is 8.03. The number of aromatic nitrogens is 2. The Bertz CT molecular complexity index is 4390. The van der Waals surface area contributed by atoms with E-state index in [1.807, 2.05) is 20.0 Å². The van der Waals surface area contributed by atoms with Crippen molar-refractivity contribution in [2.45, 2.75) is 96.7 Å². The smallest absolute Gasteiger partial charge is 0.445 e. The number of H-pyrrole nitrogens is 2. The molecule has 0 unspecified atom stereocenters. The first-order chi connectivity index (χ1) is 54.0. The van der Waals surface area contributed by atoms with Gasteiger partial charge in [0.05, 0.1) is 124 Å². The molecule has 6 aliphatic rings. The van der Waals surface area contributed by atoms with Crippen LogP contribution in [0.25, 0.3) is 21.8 Å². The number of thioether (sulfide) groups is 1. The van der Waals surface area contributed by atoms with Gasteiger partial charge in [-0.15, -0.1) is 35.0 Å². The van der Waals surface area contributed by atoms with E-state index >= 15 is 4.79 Å². The van der Waals surface area contributed by atoms with Crippen LogP contribution in [0, 0.1) is 30.6 Å². The lowest BCUT2D eigenvalue weighted by Gasteiger charge is -2.69. The van der Waals surface area contributed by atoms with Crippen LogP contribution in [0.4, 0.5) is 26.7 Å². The molecular weight excluding hydrogens is 1570 g/mol. The topological polar surface area (TPSA) is 416 Å². The molecule has 5 heterocycles. The zero-order chi connectivity index (χ0) is 81.5. The summed E-state index contributed by atoms with van der Waals surface area (Å²) in [5, 5.41) is 12.4. The number of thiocarbonyl (C=S) groups is 1. The number of primary amides is 1. The molecule has 3 aliphatic carbocycles. The van der Waals surface area contributed by atoms with Crippen LogP contribution in [0.5, 0.6) is 11.5 Å². The summed E-state index contributed by atoms with van der Waals surface area (Å²) in [6.45, 7) is 11.9. The minimum atomic E-state index is -4.99. The number of halogens is 2. The Balaban J connectivity index is 0.623. The molecule has 0 saturated heterocycles. The Hall–Kier alpha value is -8.16. The molecule has 113 heavy (non-hydrogen) atoms. The molecule has 33 nitrogen and oxygen atoms in total. The van der Waals surface area contributed by atoms with E-state index in [2.05, 4.69) is 31.2 Å². The number of nitrogens with two attached hydrogens (primary N) is 1. The summed E-state index contributed by atoms with van der Waals surface area (Å²) in [7, 11) is -1.70. The van der Waals surface area contributed by atoms with Crippen LogP contribution < -0.4 is 46.1 Å². The van der Waals surface area contributed by atoms with Crippen molar-refractivity contribution in [1.82, 2.24) is 40.6 Å².